The monoisotopic (exact) mass is 259 g/mol. The maximum atomic E-state index is 12.2. The maximum absolute atomic E-state index is 12.2. The van der Waals surface area contributed by atoms with Gasteiger partial charge in [-0.1, -0.05) is 18.2 Å². The standard InChI is InChI=1S/C16H21NO2/c1-17(2)11-13-7-5-9-15(18)16(13)12-6-4-8-14(10-12)19-3/h4-6,8-10,13,16H,7,11H2,1-3H3. The molecule has 0 aromatic heterocycles. The summed E-state index contributed by atoms with van der Waals surface area (Å²) in [6, 6.07) is 7.86. The van der Waals surface area contributed by atoms with Crippen molar-refractivity contribution in [1.82, 2.24) is 4.90 Å². The largest absolute Gasteiger partial charge is 0.497 e. The number of benzene rings is 1. The van der Waals surface area contributed by atoms with Gasteiger partial charge < -0.3 is 9.64 Å². The lowest BCUT2D eigenvalue weighted by atomic mass is 9.77. The van der Waals surface area contributed by atoms with Crippen LogP contribution in [-0.4, -0.2) is 38.4 Å². The molecule has 0 saturated carbocycles. The number of ether oxygens (including phenoxy) is 1. The molecule has 3 nitrogen and oxygen atoms in total. The van der Waals surface area contributed by atoms with Crippen LogP contribution in [0.3, 0.4) is 0 Å². The summed E-state index contributed by atoms with van der Waals surface area (Å²) in [5.74, 6) is 1.29. The Hall–Kier alpha value is -1.61. The van der Waals surface area contributed by atoms with E-state index in [1.165, 1.54) is 0 Å². The molecule has 19 heavy (non-hydrogen) atoms. The Morgan fingerprint density at radius 3 is 2.84 bits per heavy atom. The number of methoxy groups -OCH3 is 1. The van der Waals surface area contributed by atoms with E-state index in [2.05, 4.69) is 4.90 Å². The zero-order chi connectivity index (χ0) is 13.8. The number of hydrogen-bond donors (Lipinski definition) is 0. The molecule has 2 rings (SSSR count). The molecule has 0 heterocycles. The van der Waals surface area contributed by atoms with Crippen LogP contribution < -0.4 is 4.74 Å². The summed E-state index contributed by atoms with van der Waals surface area (Å²) in [5, 5.41) is 0. The second-order valence-electron chi connectivity index (χ2n) is 5.32. The summed E-state index contributed by atoms with van der Waals surface area (Å²) in [5.41, 5.74) is 1.06. The van der Waals surface area contributed by atoms with Crippen LogP contribution in [0.2, 0.25) is 0 Å². The number of carbonyl (C=O) groups is 1. The lowest BCUT2D eigenvalue weighted by molar-refractivity contribution is -0.117. The van der Waals surface area contributed by atoms with Gasteiger partial charge in [0.25, 0.3) is 0 Å². The Morgan fingerprint density at radius 2 is 2.16 bits per heavy atom. The van der Waals surface area contributed by atoms with Gasteiger partial charge in [0.2, 0.25) is 0 Å². The van der Waals surface area contributed by atoms with Gasteiger partial charge in [-0.3, -0.25) is 4.79 Å². The number of nitrogens with zero attached hydrogens (tertiary/aromatic N) is 1. The van der Waals surface area contributed by atoms with Crippen molar-refractivity contribution in [2.24, 2.45) is 5.92 Å². The van der Waals surface area contributed by atoms with Gasteiger partial charge in [0.15, 0.2) is 5.78 Å². The molecule has 0 aliphatic heterocycles. The molecule has 2 atom stereocenters. The lowest BCUT2D eigenvalue weighted by Crippen LogP contribution is -2.31. The molecule has 1 aliphatic carbocycles. The topological polar surface area (TPSA) is 29.5 Å². The highest BCUT2D eigenvalue weighted by Crippen LogP contribution is 2.34. The Labute approximate surface area is 114 Å². The molecule has 0 bridgehead atoms. The third kappa shape index (κ3) is 3.24. The number of allylic oxidation sites excluding steroid dienone is 2. The van der Waals surface area contributed by atoms with E-state index in [9.17, 15) is 4.79 Å². The highest BCUT2D eigenvalue weighted by atomic mass is 16.5. The van der Waals surface area contributed by atoms with Gasteiger partial charge in [0.05, 0.1) is 13.0 Å². The molecule has 3 heteroatoms. The zero-order valence-corrected chi connectivity index (χ0v) is 11.8. The minimum Gasteiger partial charge on any atom is -0.497 e. The molecule has 0 fully saturated rings. The summed E-state index contributed by atoms with van der Waals surface area (Å²) in [4.78, 5) is 14.4. The zero-order valence-electron chi connectivity index (χ0n) is 11.8. The predicted octanol–water partition coefficient (Wildman–Crippen LogP) is 2.49. The maximum Gasteiger partial charge on any atom is 0.163 e. The first-order valence-electron chi connectivity index (χ1n) is 6.61. The second-order valence-corrected chi connectivity index (χ2v) is 5.32. The highest BCUT2D eigenvalue weighted by molar-refractivity contribution is 5.96. The van der Waals surface area contributed by atoms with Gasteiger partial charge >= 0.3 is 0 Å². The van der Waals surface area contributed by atoms with Gasteiger partial charge in [-0.2, -0.15) is 0 Å². The average Bonchev–Trinajstić information content (AvgIpc) is 2.38. The van der Waals surface area contributed by atoms with E-state index in [4.69, 9.17) is 4.74 Å². The van der Waals surface area contributed by atoms with E-state index >= 15 is 0 Å². The molecule has 1 aliphatic rings. The lowest BCUT2D eigenvalue weighted by Gasteiger charge is -2.30. The summed E-state index contributed by atoms with van der Waals surface area (Å²) in [7, 11) is 5.75. The van der Waals surface area contributed by atoms with Crippen molar-refractivity contribution in [3.63, 3.8) is 0 Å². The van der Waals surface area contributed by atoms with Gasteiger partial charge in [-0.05, 0) is 50.2 Å². The van der Waals surface area contributed by atoms with Crippen LogP contribution in [0.15, 0.2) is 36.4 Å². The van der Waals surface area contributed by atoms with E-state index in [0.717, 1.165) is 24.3 Å². The molecule has 102 valence electrons. The van der Waals surface area contributed by atoms with E-state index in [-0.39, 0.29) is 11.7 Å². The van der Waals surface area contributed by atoms with Crippen molar-refractivity contribution in [1.29, 1.82) is 0 Å². The normalized spacial score (nSPS) is 22.8. The number of carbonyl (C=O) groups excluding carboxylic acids is 1. The van der Waals surface area contributed by atoms with Gasteiger partial charge in [-0.25, -0.2) is 0 Å². The SMILES string of the molecule is COc1cccc(C2C(=O)C=CCC2CN(C)C)c1. The van der Waals surface area contributed by atoms with E-state index in [1.807, 2.05) is 44.4 Å². The molecule has 0 spiro atoms. The number of hydrogen-bond acceptors (Lipinski definition) is 3. The second kappa shape index (κ2) is 6.02. The fourth-order valence-corrected chi connectivity index (χ4v) is 2.75. The van der Waals surface area contributed by atoms with E-state index < -0.39 is 0 Å². The minimum absolute atomic E-state index is 0.0532. The molecule has 0 radical (unpaired) electrons. The molecule has 2 unspecified atom stereocenters. The summed E-state index contributed by atoms with van der Waals surface area (Å²) in [6.45, 7) is 0.915. The van der Waals surface area contributed by atoms with Gasteiger partial charge in [0, 0.05) is 6.54 Å². The van der Waals surface area contributed by atoms with Crippen LogP contribution in [0.25, 0.3) is 0 Å². The summed E-state index contributed by atoms with van der Waals surface area (Å²) < 4.78 is 5.26. The Morgan fingerprint density at radius 1 is 1.37 bits per heavy atom. The quantitative estimate of drug-likeness (QED) is 0.832. The van der Waals surface area contributed by atoms with Crippen LogP contribution >= 0.6 is 0 Å². The first-order valence-corrected chi connectivity index (χ1v) is 6.61. The van der Waals surface area contributed by atoms with Crippen molar-refractivity contribution < 1.29 is 9.53 Å². The highest BCUT2D eigenvalue weighted by Gasteiger charge is 2.30. The van der Waals surface area contributed by atoms with Crippen LogP contribution in [-0.2, 0) is 4.79 Å². The van der Waals surface area contributed by atoms with E-state index in [1.54, 1.807) is 13.2 Å². The van der Waals surface area contributed by atoms with Gasteiger partial charge in [0.1, 0.15) is 5.75 Å². The molecule has 1 aromatic carbocycles. The Bertz CT molecular complexity index is 479. The Kier molecular flexibility index (Phi) is 4.38. The van der Waals surface area contributed by atoms with Crippen LogP contribution in [0.4, 0.5) is 0 Å². The number of ketones is 1. The smallest absolute Gasteiger partial charge is 0.163 e. The van der Waals surface area contributed by atoms with Crippen molar-refractivity contribution in [2.45, 2.75) is 12.3 Å². The molecular weight excluding hydrogens is 238 g/mol. The third-order valence-electron chi connectivity index (χ3n) is 3.55. The first kappa shape index (κ1) is 13.8. The number of rotatable bonds is 4. The first-order chi connectivity index (χ1) is 9.11. The van der Waals surface area contributed by atoms with Crippen molar-refractivity contribution >= 4 is 5.78 Å². The molecular formula is C16H21NO2. The van der Waals surface area contributed by atoms with E-state index in [0.29, 0.717) is 5.92 Å². The van der Waals surface area contributed by atoms with Gasteiger partial charge in [-0.15, -0.1) is 0 Å². The van der Waals surface area contributed by atoms with Crippen molar-refractivity contribution in [3.8, 4) is 5.75 Å². The molecule has 0 N–H and O–H groups in total. The molecule has 0 saturated heterocycles. The minimum atomic E-state index is -0.0532. The van der Waals surface area contributed by atoms with Crippen LogP contribution in [0, 0.1) is 5.92 Å². The van der Waals surface area contributed by atoms with Crippen LogP contribution in [0.1, 0.15) is 17.9 Å². The van der Waals surface area contributed by atoms with Crippen molar-refractivity contribution in [3.05, 3.63) is 42.0 Å². The van der Waals surface area contributed by atoms with Crippen LogP contribution in [0.5, 0.6) is 5.75 Å². The molecule has 0 amide bonds. The predicted molar refractivity (Wildman–Crippen MR) is 76.5 cm³/mol. The fourth-order valence-electron chi connectivity index (χ4n) is 2.75. The average molecular weight is 259 g/mol. The third-order valence-corrected chi connectivity index (χ3v) is 3.55. The summed E-state index contributed by atoms with van der Waals surface area (Å²) >= 11 is 0. The van der Waals surface area contributed by atoms with Crippen molar-refractivity contribution in [2.75, 3.05) is 27.7 Å². The summed E-state index contributed by atoms with van der Waals surface area (Å²) in [6.07, 6.45) is 4.66. The molecule has 1 aromatic rings. The Balaban J connectivity index is 2.31. The fraction of sp³-hybridized carbons (Fsp3) is 0.438.